The van der Waals surface area contributed by atoms with Crippen LogP contribution in [0.5, 0.6) is 0 Å². The molecule has 0 saturated carbocycles. The Kier molecular flexibility index (Phi) is 5.71. The Labute approximate surface area is 166 Å². The van der Waals surface area contributed by atoms with Gasteiger partial charge >= 0.3 is 0 Å². The van der Waals surface area contributed by atoms with Crippen LogP contribution in [0.25, 0.3) is 0 Å². The molecule has 0 aliphatic carbocycles. The van der Waals surface area contributed by atoms with Gasteiger partial charge in [-0.1, -0.05) is 0 Å². The summed E-state index contributed by atoms with van der Waals surface area (Å²) in [4.78, 5) is 26.3. The second-order valence-corrected chi connectivity index (χ2v) is 8.22. The number of rotatable bonds is 5. The molecule has 0 unspecified atom stereocenters. The average molecular weight is 383 g/mol. The fourth-order valence-electron chi connectivity index (χ4n) is 4.38. The lowest BCUT2D eigenvalue weighted by molar-refractivity contribution is 0.0790. The first-order valence-electron chi connectivity index (χ1n) is 10.4. The molecule has 1 amide bonds. The summed E-state index contributed by atoms with van der Waals surface area (Å²) in [6, 6.07) is 0. The highest BCUT2D eigenvalue weighted by Crippen LogP contribution is 2.24. The molecule has 0 N–H and O–H groups in total. The van der Waals surface area contributed by atoms with E-state index in [1.807, 2.05) is 29.7 Å². The first-order chi connectivity index (χ1) is 13.6. The largest absolute Gasteiger partial charge is 0.339 e. The van der Waals surface area contributed by atoms with Crippen LogP contribution in [0.2, 0.25) is 0 Å². The molecule has 4 heterocycles. The molecule has 2 saturated heterocycles. The average Bonchev–Trinajstić information content (AvgIpc) is 3.35. The second-order valence-electron chi connectivity index (χ2n) is 8.22. The summed E-state index contributed by atoms with van der Waals surface area (Å²) in [6.45, 7) is 6.76. The highest BCUT2D eigenvalue weighted by Gasteiger charge is 2.26. The predicted octanol–water partition coefficient (Wildman–Crippen LogP) is 2.21. The lowest BCUT2D eigenvalue weighted by Crippen LogP contribution is -2.34. The van der Waals surface area contributed by atoms with Gasteiger partial charge in [0.25, 0.3) is 5.91 Å². The van der Waals surface area contributed by atoms with E-state index in [1.165, 1.54) is 5.56 Å². The normalized spacial score (nSPS) is 18.7. The standard InChI is InChI=1S/C21H30N6O/c1-16-22-13-19(21(28)27-7-3-4-8-27)20(24-16)11-17-5-9-26(10-6-17)15-18-12-23-25(2)14-18/h12-14,17H,3-11,15H2,1-2H3. The third-order valence-electron chi connectivity index (χ3n) is 5.97. The molecule has 28 heavy (non-hydrogen) atoms. The monoisotopic (exact) mass is 382 g/mol. The Morgan fingerprint density at radius 3 is 2.57 bits per heavy atom. The zero-order valence-electron chi connectivity index (χ0n) is 17.0. The van der Waals surface area contributed by atoms with Gasteiger partial charge in [0.05, 0.1) is 17.5 Å². The van der Waals surface area contributed by atoms with E-state index in [2.05, 4.69) is 26.2 Å². The lowest BCUT2D eigenvalue weighted by atomic mass is 9.90. The highest BCUT2D eigenvalue weighted by atomic mass is 16.2. The second kappa shape index (κ2) is 8.39. The minimum Gasteiger partial charge on any atom is -0.339 e. The number of hydrogen-bond donors (Lipinski definition) is 0. The molecule has 0 spiro atoms. The Morgan fingerprint density at radius 2 is 1.89 bits per heavy atom. The number of carbonyl (C=O) groups excluding carboxylic acids is 1. The zero-order chi connectivity index (χ0) is 19.5. The zero-order valence-corrected chi connectivity index (χ0v) is 17.0. The molecule has 150 valence electrons. The van der Waals surface area contributed by atoms with Gasteiger partial charge in [-0.2, -0.15) is 5.10 Å². The van der Waals surface area contributed by atoms with Crippen LogP contribution in [0.3, 0.4) is 0 Å². The number of likely N-dealkylation sites (tertiary alicyclic amines) is 2. The molecule has 0 bridgehead atoms. The molecule has 0 atom stereocenters. The lowest BCUT2D eigenvalue weighted by Gasteiger charge is -2.31. The minimum atomic E-state index is 0.113. The van der Waals surface area contributed by atoms with Crippen molar-refractivity contribution in [3.8, 4) is 0 Å². The molecule has 2 aliphatic rings. The molecule has 7 nitrogen and oxygen atoms in total. The molecule has 4 rings (SSSR count). The SMILES string of the molecule is Cc1ncc(C(=O)N2CCCC2)c(CC2CCN(Cc3cnn(C)c3)CC2)n1. The highest BCUT2D eigenvalue weighted by molar-refractivity contribution is 5.95. The molecule has 0 radical (unpaired) electrons. The van der Waals surface area contributed by atoms with Gasteiger partial charge in [0, 0.05) is 44.6 Å². The van der Waals surface area contributed by atoms with Crippen LogP contribution < -0.4 is 0 Å². The van der Waals surface area contributed by atoms with Crippen molar-refractivity contribution in [2.45, 2.75) is 45.6 Å². The van der Waals surface area contributed by atoms with Gasteiger partial charge in [0.1, 0.15) is 5.82 Å². The van der Waals surface area contributed by atoms with Crippen molar-refractivity contribution in [2.24, 2.45) is 13.0 Å². The number of carbonyl (C=O) groups is 1. The van der Waals surface area contributed by atoms with E-state index in [4.69, 9.17) is 0 Å². The van der Waals surface area contributed by atoms with Crippen LogP contribution in [0, 0.1) is 12.8 Å². The van der Waals surface area contributed by atoms with Crippen molar-refractivity contribution in [3.05, 3.63) is 41.2 Å². The predicted molar refractivity (Wildman–Crippen MR) is 107 cm³/mol. The summed E-state index contributed by atoms with van der Waals surface area (Å²) < 4.78 is 1.86. The van der Waals surface area contributed by atoms with E-state index >= 15 is 0 Å². The number of nitrogens with zero attached hydrogens (tertiary/aromatic N) is 6. The smallest absolute Gasteiger partial charge is 0.257 e. The van der Waals surface area contributed by atoms with E-state index in [1.54, 1.807) is 6.20 Å². The van der Waals surface area contributed by atoms with E-state index in [9.17, 15) is 4.79 Å². The van der Waals surface area contributed by atoms with E-state index < -0.39 is 0 Å². The maximum Gasteiger partial charge on any atom is 0.257 e. The Hall–Kier alpha value is -2.28. The van der Waals surface area contributed by atoms with Crippen molar-refractivity contribution in [3.63, 3.8) is 0 Å². The summed E-state index contributed by atoms with van der Waals surface area (Å²) in [5.41, 5.74) is 2.92. The molecule has 2 fully saturated rings. The molecule has 7 heteroatoms. The molecule has 0 aromatic carbocycles. The van der Waals surface area contributed by atoms with Crippen LogP contribution in [0.1, 0.15) is 53.1 Å². The molecular weight excluding hydrogens is 352 g/mol. The number of hydrogen-bond acceptors (Lipinski definition) is 5. The molecule has 2 aromatic rings. The van der Waals surface area contributed by atoms with Crippen LogP contribution in [0.15, 0.2) is 18.6 Å². The van der Waals surface area contributed by atoms with E-state index in [0.29, 0.717) is 11.5 Å². The summed E-state index contributed by atoms with van der Waals surface area (Å²) in [6.07, 6.45) is 11.1. The van der Waals surface area contributed by atoms with Crippen molar-refractivity contribution >= 4 is 5.91 Å². The minimum absolute atomic E-state index is 0.113. The van der Waals surface area contributed by atoms with Crippen LogP contribution >= 0.6 is 0 Å². The maximum atomic E-state index is 12.9. The quantitative estimate of drug-likeness (QED) is 0.793. The van der Waals surface area contributed by atoms with Gasteiger partial charge in [-0.25, -0.2) is 9.97 Å². The van der Waals surface area contributed by atoms with Gasteiger partial charge < -0.3 is 4.90 Å². The van der Waals surface area contributed by atoms with Crippen molar-refractivity contribution < 1.29 is 4.79 Å². The van der Waals surface area contributed by atoms with Gasteiger partial charge in [-0.15, -0.1) is 0 Å². The van der Waals surface area contributed by atoms with Crippen molar-refractivity contribution in [2.75, 3.05) is 26.2 Å². The van der Waals surface area contributed by atoms with Crippen molar-refractivity contribution in [1.29, 1.82) is 0 Å². The number of aryl methyl sites for hydroxylation is 2. The summed E-state index contributed by atoms with van der Waals surface area (Å²) in [5, 5.41) is 4.26. The third kappa shape index (κ3) is 4.41. The fourth-order valence-corrected chi connectivity index (χ4v) is 4.38. The van der Waals surface area contributed by atoms with Crippen LogP contribution in [-0.2, 0) is 20.0 Å². The number of amides is 1. The fraction of sp³-hybridized carbons (Fsp3) is 0.619. The third-order valence-corrected chi connectivity index (χ3v) is 5.97. The van der Waals surface area contributed by atoms with E-state index in [0.717, 1.165) is 76.3 Å². The topological polar surface area (TPSA) is 67.2 Å². The van der Waals surface area contributed by atoms with Gasteiger partial charge in [-0.3, -0.25) is 14.4 Å². The summed E-state index contributed by atoms with van der Waals surface area (Å²) in [7, 11) is 1.96. The first kappa shape index (κ1) is 19.1. The number of piperidine rings is 1. The Bertz CT molecular complexity index is 818. The first-order valence-corrected chi connectivity index (χ1v) is 10.4. The maximum absolute atomic E-state index is 12.9. The molecular formula is C21H30N6O. The Morgan fingerprint density at radius 1 is 1.14 bits per heavy atom. The van der Waals surface area contributed by atoms with E-state index in [-0.39, 0.29) is 5.91 Å². The molecule has 2 aromatic heterocycles. The summed E-state index contributed by atoms with van der Waals surface area (Å²) in [5.74, 6) is 1.44. The van der Waals surface area contributed by atoms with Gasteiger partial charge in [-0.05, 0) is 58.0 Å². The van der Waals surface area contributed by atoms with Crippen LogP contribution in [-0.4, -0.2) is 61.6 Å². The Balaban J connectivity index is 1.38. The van der Waals surface area contributed by atoms with Crippen LogP contribution in [0.4, 0.5) is 0 Å². The summed E-state index contributed by atoms with van der Waals surface area (Å²) >= 11 is 0. The van der Waals surface area contributed by atoms with Gasteiger partial charge in [0.2, 0.25) is 0 Å². The molecule has 2 aliphatic heterocycles. The van der Waals surface area contributed by atoms with Crippen molar-refractivity contribution in [1.82, 2.24) is 29.5 Å². The van der Waals surface area contributed by atoms with Gasteiger partial charge in [0.15, 0.2) is 0 Å². The number of aromatic nitrogens is 4.